The zero-order valence-corrected chi connectivity index (χ0v) is 10.4. The van der Waals surface area contributed by atoms with Crippen molar-refractivity contribution in [3.05, 3.63) is 29.3 Å². The number of hydrogen-bond acceptors (Lipinski definition) is 1. The average molecular weight is 193 g/mol. The zero-order chi connectivity index (χ0) is 11.1. The maximum Gasteiger partial charge on any atom is 0.0396 e. The van der Waals surface area contributed by atoms with Crippen LogP contribution in [-0.4, -0.2) is 14.1 Å². The number of anilines is 1. The van der Waals surface area contributed by atoms with Gasteiger partial charge in [0.1, 0.15) is 0 Å². The van der Waals surface area contributed by atoms with E-state index < -0.39 is 0 Å². The number of rotatable bonds is 2. The van der Waals surface area contributed by atoms with E-state index >= 15 is 0 Å². The monoisotopic (exact) mass is 193 g/mol. The first-order valence-corrected chi connectivity index (χ1v) is 5.42. The molecule has 0 N–H and O–H groups in total. The van der Waals surface area contributed by atoms with Crippen LogP contribution in [0.2, 0.25) is 0 Å². The highest BCUT2D eigenvalue weighted by molar-refractivity contribution is 5.55. The van der Waals surface area contributed by atoms with Crippen molar-refractivity contribution < 1.29 is 0 Å². The van der Waals surface area contributed by atoms with E-state index in [1.807, 2.05) is 13.8 Å². The lowest BCUT2D eigenvalue weighted by Crippen LogP contribution is -2.11. The molecule has 0 aromatic heterocycles. The normalized spacial score (nSPS) is 9.00. The maximum absolute atomic E-state index is 2.20. The molecule has 0 bridgehead atoms. The molecule has 80 valence electrons. The Labute approximate surface area is 88.8 Å². The van der Waals surface area contributed by atoms with Crippen LogP contribution in [0.15, 0.2) is 18.2 Å². The van der Waals surface area contributed by atoms with Gasteiger partial charge in [-0.2, -0.15) is 0 Å². The van der Waals surface area contributed by atoms with Crippen LogP contribution in [-0.2, 0) is 6.42 Å². The lowest BCUT2D eigenvalue weighted by atomic mass is 10.0. The molecule has 14 heavy (non-hydrogen) atoms. The molecular formula is C13H23N. The first kappa shape index (κ1) is 13.0. The smallest absolute Gasteiger partial charge is 0.0396 e. The van der Waals surface area contributed by atoms with Gasteiger partial charge in [-0.15, -0.1) is 0 Å². The molecule has 0 saturated heterocycles. The van der Waals surface area contributed by atoms with Crippen molar-refractivity contribution in [3.63, 3.8) is 0 Å². The molecule has 1 aromatic rings. The predicted molar refractivity (Wildman–Crippen MR) is 66.2 cm³/mol. The molecule has 0 aliphatic heterocycles. The molecule has 1 nitrogen and oxygen atoms in total. The summed E-state index contributed by atoms with van der Waals surface area (Å²) in [5.74, 6) is 0. The summed E-state index contributed by atoms with van der Waals surface area (Å²) in [5, 5.41) is 0. The largest absolute Gasteiger partial charge is 0.377 e. The minimum atomic E-state index is 1.11. The minimum Gasteiger partial charge on any atom is -0.377 e. The van der Waals surface area contributed by atoms with Gasteiger partial charge in [-0.05, 0) is 30.5 Å². The van der Waals surface area contributed by atoms with Crippen molar-refractivity contribution in [2.24, 2.45) is 0 Å². The summed E-state index contributed by atoms with van der Waals surface area (Å²) in [6, 6.07) is 6.46. The van der Waals surface area contributed by atoms with Gasteiger partial charge in [0.2, 0.25) is 0 Å². The Balaban J connectivity index is 0.000000791. The third-order valence-electron chi connectivity index (χ3n) is 2.22. The molecule has 0 heterocycles. The molecule has 0 fully saturated rings. The predicted octanol–water partition coefficient (Wildman–Crippen LogP) is 3.65. The molecule has 0 aliphatic rings. The molecule has 0 atom stereocenters. The van der Waals surface area contributed by atoms with E-state index in [0.29, 0.717) is 0 Å². The fourth-order valence-corrected chi connectivity index (χ4v) is 1.57. The van der Waals surface area contributed by atoms with Crippen LogP contribution in [0.3, 0.4) is 0 Å². The van der Waals surface area contributed by atoms with Gasteiger partial charge >= 0.3 is 0 Å². The number of nitrogens with zero attached hydrogens (tertiary/aromatic N) is 1. The Kier molecular flexibility index (Phi) is 6.02. The molecule has 0 radical (unpaired) electrons. The highest BCUT2D eigenvalue weighted by Gasteiger charge is 2.03. The highest BCUT2D eigenvalue weighted by atomic mass is 15.1. The van der Waals surface area contributed by atoms with Crippen LogP contribution in [0, 0.1) is 6.92 Å². The SMILES string of the molecule is CC.CCc1c(C)cccc1N(C)C. The molecule has 0 spiro atoms. The van der Waals surface area contributed by atoms with Crippen molar-refractivity contribution in [2.45, 2.75) is 34.1 Å². The van der Waals surface area contributed by atoms with E-state index in [2.05, 4.69) is 51.0 Å². The van der Waals surface area contributed by atoms with Gasteiger partial charge in [-0.3, -0.25) is 0 Å². The highest BCUT2D eigenvalue weighted by Crippen LogP contribution is 2.21. The average Bonchev–Trinajstić information content (AvgIpc) is 2.20. The van der Waals surface area contributed by atoms with Crippen LogP contribution >= 0.6 is 0 Å². The summed E-state index contributed by atoms with van der Waals surface area (Å²) in [6.45, 7) is 8.38. The quantitative estimate of drug-likeness (QED) is 0.693. The number of hydrogen-bond donors (Lipinski definition) is 0. The van der Waals surface area contributed by atoms with E-state index in [9.17, 15) is 0 Å². The Morgan fingerprint density at radius 3 is 2.07 bits per heavy atom. The van der Waals surface area contributed by atoms with Gasteiger partial charge in [0.15, 0.2) is 0 Å². The topological polar surface area (TPSA) is 3.24 Å². The van der Waals surface area contributed by atoms with E-state index in [1.165, 1.54) is 16.8 Å². The molecule has 1 heteroatoms. The standard InChI is InChI=1S/C11H17N.C2H6/c1-5-10-9(2)7-6-8-11(10)12(3)4;1-2/h6-8H,5H2,1-4H3;1-2H3. The van der Waals surface area contributed by atoms with Gasteiger partial charge in [0, 0.05) is 19.8 Å². The molecular weight excluding hydrogens is 170 g/mol. The van der Waals surface area contributed by atoms with Crippen molar-refractivity contribution >= 4 is 5.69 Å². The first-order chi connectivity index (χ1) is 6.66. The molecule has 0 saturated carbocycles. The lowest BCUT2D eigenvalue weighted by Gasteiger charge is -2.18. The Morgan fingerprint density at radius 2 is 1.71 bits per heavy atom. The molecule has 0 aliphatic carbocycles. The van der Waals surface area contributed by atoms with Gasteiger partial charge in [0.05, 0.1) is 0 Å². The fourth-order valence-electron chi connectivity index (χ4n) is 1.57. The van der Waals surface area contributed by atoms with Gasteiger partial charge < -0.3 is 4.90 Å². The van der Waals surface area contributed by atoms with E-state index in [0.717, 1.165) is 6.42 Å². The van der Waals surface area contributed by atoms with E-state index in [1.54, 1.807) is 0 Å². The Hall–Kier alpha value is -0.980. The van der Waals surface area contributed by atoms with Gasteiger partial charge in [-0.1, -0.05) is 32.9 Å². The van der Waals surface area contributed by atoms with Gasteiger partial charge in [0.25, 0.3) is 0 Å². The fraction of sp³-hybridized carbons (Fsp3) is 0.538. The Morgan fingerprint density at radius 1 is 1.14 bits per heavy atom. The second kappa shape index (κ2) is 6.47. The van der Waals surface area contributed by atoms with Crippen molar-refractivity contribution in [1.82, 2.24) is 0 Å². The van der Waals surface area contributed by atoms with E-state index in [4.69, 9.17) is 0 Å². The summed E-state index contributed by atoms with van der Waals surface area (Å²) in [6.07, 6.45) is 1.11. The third kappa shape index (κ3) is 3.06. The number of aryl methyl sites for hydroxylation is 1. The lowest BCUT2D eigenvalue weighted by molar-refractivity contribution is 1.04. The zero-order valence-electron chi connectivity index (χ0n) is 10.4. The van der Waals surface area contributed by atoms with Crippen molar-refractivity contribution in [3.8, 4) is 0 Å². The van der Waals surface area contributed by atoms with Crippen LogP contribution in [0.4, 0.5) is 5.69 Å². The molecule has 0 unspecified atom stereocenters. The maximum atomic E-state index is 2.20. The summed E-state index contributed by atoms with van der Waals surface area (Å²) in [5.41, 5.74) is 4.20. The third-order valence-corrected chi connectivity index (χ3v) is 2.22. The first-order valence-electron chi connectivity index (χ1n) is 5.42. The second-order valence-electron chi connectivity index (χ2n) is 3.32. The van der Waals surface area contributed by atoms with Crippen molar-refractivity contribution in [2.75, 3.05) is 19.0 Å². The van der Waals surface area contributed by atoms with Crippen LogP contribution < -0.4 is 4.90 Å². The molecule has 1 aromatic carbocycles. The van der Waals surface area contributed by atoms with Crippen molar-refractivity contribution in [1.29, 1.82) is 0 Å². The van der Waals surface area contributed by atoms with E-state index in [-0.39, 0.29) is 0 Å². The van der Waals surface area contributed by atoms with Gasteiger partial charge in [-0.25, -0.2) is 0 Å². The number of benzene rings is 1. The molecule has 1 rings (SSSR count). The summed E-state index contributed by atoms with van der Waals surface area (Å²) >= 11 is 0. The minimum absolute atomic E-state index is 1.11. The summed E-state index contributed by atoms with van der Waals surface area (Å²) < 4.78 is 0. The Bertz CT molecular complexity index is 264. The summed E-state index contributed by atoms with van der Waals surface area (Å²) in [4.78, 5) is 2.17. The van der Waals surface area contributed by atoms with Crippen LogP contribution in [0.5, 0.6) is 0 Å². The second-order valence-corrected chi connectivity index (χ2v) is 3.32. The molecule has 0 amide bonds. The van der Waals surface area contributed by atoms with Crippen LogP contribution in [0.1, 0.15) is 31.9 Å². The van der Waals surface area contributed by atoms with Crippen LogP contribution in [0.25, 0.3) is 0 Å². The summed E-state index contributed by atoms with van der Waals surface area (Å²) in [7, 11) is 4.18.